The largest absolute Gasteiger partial charge is 0.497 e. The van der Waals surface area contributed by atoms with E-state index in [4.69, 9.17) is 14.2 Å². The van der Waals surface area contributed by atoms with Crippen molar-refractivity contribution >= 4 is 23.1 Å². The Morgan fingerprint density at radius 1 is 0.975 bits per heavy atom. The van der Waals surface area contributed by atoms with Crippen LogP contribution in [0.15, 0.2) is 60.7 Å². The van der Waals surface area contributed by atoms with Crippen LogP contribution in [0.5, 0.6) is 5.75 Å². The van der Waals surface area contributed by atoms with Crippen molar-refractivity contribution in [3.05, 3.63) is 87.1 Å². The predicted octanol–water partition coefficient (Wildman–Crippen LogP) is 8.47. The number of unbranched alkanes of at least 4 members (excludes halogenated alkanes) is 2. The molecule has 0 amide bonds. The van der Waals surface area contributed by atoms with Gasteiger partial charge in [-0.15, -0.1) is 11.3 Å². The van der Waals surface area contributed by atoms with Gasteiger partial charge in [0.15, 0.2) is 0 Å². The van der Waals surface area contributed by atoms with Gasteiger partial charge in [0.25, 0.3) is 0 Å². The SMILES string of the molecule is CCCCCC(OCc1ccc(OC)cc1)c1ccc([C@H]2C(=O)CCC2CCCc2ccc(C(=O)OC)s2)cc1. The number of hydrogen-bond donors (Lipinski definition) is 0. The van der Waals surface area contributed by atoms with Crippen LogP contribution in [0, 0.1) is 5.92 Å². The summed E-state index contributed by atoms with van der Waals surface area (Å²) in [6.07, 6.45) is 9.04. The summed E-state index contributed by atoms with van der Waals surface area (Å²) in [4.78, 5) is 26.5. The third kappa shape index (κ3) is 8.05. The Morgan fingerprint density at radius 3 is 2.45 bits per heavy atom. The molecule has 1 heterocycles. The minimum atomic E-state index is -0.278. The Balaban J connectivity index is 1.37. The van der Waals surface area contributed by atoms with E-state index in [2.05, 4.69) is 31.2 Å². The summed E-state index contributed by atoms with van der Waals surface area (Å²) in [6, 6.07) is 20.5. The van der Waals surface area contributed by atoms with Gasteiger partial charge in [0.2, 0.25) is 0 Å². The molecule has 2 aromatic carbocycles. The average molecular weight is 563 g/mol. The number of carbonyl (C=O) groups is 2. The summed E-state index contributed by atoms with van der Waals surface area (Å²) in [5.41, 5.74) is 3.43. The maximum atomic E-state index is 12.9. The number of benzene rings is 2. The fraction of sp³-hybridized carbons (Fsp3) is 0.471. The van der Waals surface area contributed by atoms with Crippen LogP contribution < -0.4 is 4.74 Å². The van der Waals surface area contributed by atoms with Gasteiger partial charge in [0.1, 0.15) is 16.4 Å². The van der Waals surface area contributed by atoms with E-state index < -0.39 is 0 Å². The number of ketones is 1. The summed E-state index contributed by atoms with van der Waals surface area (Å²) < 4.78 is 16.5. The molecular weight excluding hydrogens is 520 g/mol. The van der Waals surface area contributed by atoms with Gasteiger partial charge in [-0.3, -0.25) is 4.79 Å². The predicted molar refractivity (Wildman–Crippen MR) is 160 cm³/mol. The van der Waals surface area contributed by atoms with Crippen molar-refractivity contribution in [3.63, 3.8) is 0 Å². The Labute approximate surface area is 242 Å². The van der Waals surface area contributed by atoms with Gasteiger partial charge in [-0.1, -0.05) is 62.6 Å². The van der Waals surface area contributed by atoms with E-state index in [0.717, 1.165) is 55.4 Å². The molecule has 0 bridgehead atoms. The topological polar surface area (TPSA) is 61.8 Å². The zero-order chi connectivity index (χ0) is 28.3. The van der Waals surface area contributed by atoms with Crippen molar-refractivity contribution < 1.29 is 23.8 Å². The molecule has 214 valence electrons. The van der Waals surface area contributed by atoms with Gasteiger partial charge in [0.05, 0.1) is 26.9 Å². The summed E-state index contributed by atoms with van der Waals surface area (Å²) in [6.45, 7) is 2.77. The number of rotatable bonds is 15. The number of ether oxygens (including phenoxy) is 3. The lowest BCUT2D eigenvalue weighted by Crippen LogP contribution is -2.13. The lowest BCUT2D eigenvalue weighted by molar-refractivity contribution is -0.119. The monoisotopic (exact) mass is 562 g/mol. The number of thiophene rings is 1. The van der Waals surface area contributed by atoms with E-state index in [1.54, 1.807) is 7.11 Å². The van der Waals surface area contributed by atoms with Gasteiger partial charge in [-0.05, 0) is 79.0 Å². The van der Waals surface area contributed by atoms with Gasteiger partial charge in [-0.25, -0.2) is 4.79 Å². The molecule has 4 rings (SSSR count). The normalized spacial score (nSPS) is 17.6. The molecule has 0 N–H and O–H groups in total. The lowest BCUT2D eigenvalue weighted by atomic mass is 9.84. The maximum Gasteiger partial charge on any atom is 0.348 e. The fourth-order valence-electron chi connectivity index (χ4n) is 5.71. The molecule has 6 heteroatoms. The number of esters is 1. The number of aryl methyl sites for hydroxylation is 1. The molecular formula is C34H42O5S. The number of hydrogen-bond acceptors (Lipinski definition) is 6. The molecule has 0 spiro atoms. The molecule has 1 fully saturated rings. The highest BCUT2D eigenvalue weighted by Gasteiger charge is 2.35. The third-order valence-electron chi connectivity index (χ3n) is 7.97. The smallest absolute Gasteiger partial charge is 0.348 e. The Bertz CT molecular complexity index is 1210. The van der Waals surface area contributed by atoms with Gasteiger partial charge < -0.3 is 14.2 Å². The first kappa shape index (κ1) is 30.0. The van der Waals surface area contributed by atoms with E-state index >= 15 is 0 Å². The van der Waals surface area contributed by atoms with E-state index in [0.29, 0.717) is 29.6 Å². The average Bonchev–Trinajstić information content (AvgIpc) is 3.61. The molecule has 0 radical (unpaired) electrons. The second kappa shape index (κ2) is 15.2. The Hall–Kier alpha value is -2.96. The number of Topliss-reactive ketones (excluding diaryl/α,β-unsaturated/α-hetero) is 1. The second-order valence-corrected chi connectivity index (χ2v) is 11.9. The molecule has 0 aliphatic heterocycles. The highest BCUT2D eigenvalue weighted by Crippen LogP contribution is 2.40. The minimum Gasteiger partial charge on any atom is -0.497 e. The van der Waals surface area contributed by atoms with Crippen LogP contribution in [0.25, 0.3) is 0 Å². The molecule has 1 aliphatic rings. The van der Waals surface area contributed by atoms with Gasteiger partial charge >= 0.3 is 5.97 Å². The second-order valence-electron chi connectivity index (χ2n) is 10.7. The molecule has 3 aromatic rings. The highest BCUT2D eigenvalue weighted by atomic mass is 32.1. The number of methoxy groups -OCH3 is 2. The summed E-state index contributed by atoms with van der Waals surface area (Å²) in [7, 11) is 3.09. The maximum absolute atomic E-state index is 12.9. The Kier molecular flexibility index (Phi) is 11.4. The van der Waals surface area contributed by atoms with Crippen molar-refractivity contribution in [1.82, 2.24) is 0 Å². The molecule has 2 unspecified atom stereocenters. The molecule has 5 nitrogen and oxygen atoms in total. The van der Waals surface area contributed by atoms with Crippen molar-refractivity contribution in [2.45, 2.75) is 83.3 Å². The van der Waals surface area contributed by atoms with Gasteiger partial charge in [-0.2, -0.15) is 0 Å². The molecule has 40 heavy (non-hydrogen) atoms. The minimum absolute atomic E-state index is 0.0261. The van der Waals surface area contributed by atoms with Crippen LogP contribution >= 0.6 is 11.3 Å². The summed E-state index contributed by atoms with van der Waals surface area (Å²) in [5.74, 6) is 1.27. The van der Waals surface area contributed by atoms with E-state index in [9.17, 15) is 9.59 Å². The van der Waals surface area contributed by atoms with Crippen LogP contribution in [-0.4, -0.2) is 26.0 Å². The highest BCUT2D eigenvalue weighted by molar-refractivity contribution is 7.13. The van der Waals surface area contributed by atoms with Crippen molar-refractivity contribution in [2.24, 2.45) is 5.92 Å². The zero-order valence-electron chi connectivity index (χ0n) is 24.0. The van der Waals surface area contributed by atoms with Gasteiger partial charge in [0, 0.05) is 17.2 Å². The molecule has 3 atom stereocenters. The molecule has 1 aromatic heterocycles. The van der Waals surface area contributed by atoms with Crippen molar-refractivity contribution in [3.8, 4) is 5.75 Å². The standard InChI is InChI=1S/C34H42O5S/c1-4-5-6-10-31(39-23-24-11-18-28(37-2)19-12-24)25-13-15-27(16-14-25)33-26(17-21-30(33)35)8-7-9-29-20-22-32(40-29)34(36)38-3/h11-16,18-20,22,26,31,33H,4-10,17,21,23H2,1-3H3/t26?,31?,33-/m0/s1. The lowest BCUT2D eigenvalue weighted by Gasteiger charge is -2.22. The van der Waals surface area contributed by atoms with Crippen molar-refractivity contribution in [2.75, 3.05) is 14.2 Å². The van der Waals surface area contributed by atoms with Crippen LogP contribution in [0.2, 0.25) is 0 Å². The zero-order valence-corrected chi connectivity index (χ0v) is 24.8. The summed E-state index contributed by atoms with van der Waals surface area (Å²) >= 11 is 1.50. The van der Waals surface area contributed by atoms with Crippen LogP contribution in [0.1, 0.15) is 102 Å². The fourth-order valence-corrected chi connectivity index (χ4v) is 6.67. The number of carbonyl (C=O) groups excluding carboxylic acids is 2. The first-order valence-corrected chi connectivity index (χ1v) is 15.4. The van der Waals surface area contributed by atoms with Crippen molar-refractivity contribution in [1.29, 1.82) is 0 Å². The first-order chi connectivity index (χ1) is 19.5. The Morgan fingerprint density at radius 2 is 1.75 bits per heavy atom. The molecule has 0 saturated heterocycles. The molecule has 1 saturated carbocycles. The molecule has 1 aliphatic carbocycles. The van der Waals surface area contributed by atoms with Crippen LogP contribution in [-0.2, 0) is 27.3 Å². The summed E-state index contributed by atoms with van der Waals surface area (Å²) in [5, 5.41) is 0. The third-order valence-corrected chi connectivity index (χ3v) is 9.10. The van der Waals surface area contributed by atoms with Crippen LogP contribution in [0.4, 0.5) is 0 Å². The quantitative estimate of drug-likeness (QED) is 0.137. The van der Waals surface area contributed by atoms with E-state index in [1.807, 2.05) is 36.4 Å². The first-order valence-electron chi connectivity index (χ1n) is 14.6. The van der Waals surface area contributed by atoms with E-state index in [-0.39, 0.29) is 18.0 Å². The van der Waals surface area contributed by atoms with Crippen LogP contribution in [0.3, 0.4) is 0 Å². The van der Waals surface area contributed by atoms with E-state index in [1.165, 1.54) is 41.7 Å².